The molecule has 10 rings (SSSR count). The first-order valence-electron chi connectivity index (χ1n) is 26.6. The van der Waals surface area contributed by atoms with Crippen molar-refractivity contribution in [2.24, 2.45) is 5.92 Å². The Morgan fingerprint density at radius 3 is 2.03 bits per heavy atom. The molecule has 0 atom stereocenters. The van der Waals surface area contributed by atoms with Gasteiger partial charge in [0, 0.05) is 46.9 Å². The third-order valence-corrected chi connectivity index (χ3v) is 13.3. The van der Waals surface area contributed by atoms with E-state index in [-0.39, 0.29) is 53.0 Å². The van der Waals surface area contributed by atoms with Crippen molar-refractivity contribution in [2.75, 3.05) is 4.81 Å². The highest BCUT2D eigenvalue weighted by molar-refractivity contribution is 6.64. The van der Waals surface area contributed by atoms with E-state index < -0.39 is 6.04 Å². The van der Waals surface area contributed by atoms with E-state index in [9.17, 15) is 2.74 Å². The van der Waals surface area contributed by atoms with Gasteiger partial charge in [-0.1, -0.05) is 161 Å². The molecule has 3 aromatic heterocycles. The van der Waals surface area contributed by atoms with Crippen LogP contribution in [0.25, 0.3) is 55.9 Å². The van der Waals surface area contributed by atoms with Crippen molar-refractivity contribution in [3.05, 3.63) is 187 Å². The molecule has 0 amide bonds. The number of aromatic nitrogens is 5. The molecule has 0 radical (unpaired) electrons. The molecule has 7 nitrogen and oxygen atoms in total. The molecule has 0 spiro atoms. The second kappa shape index (κ2) is 17.4. The second-order valence-electron chi connectivity index (χ2n) is 21.9. The van der Waals surface area contributed by atoms with E-state index in [1.54, 1.807) is 0 Å². The lowest BCUT2D eigenvalue weighted by atomic mass is 9.63. The number of benzene rings is 6. The molecule has 0 saturated heterocycles. The number of para-hydroxylation sites is 3. The number of hydrogen-bond acceptors (Lipinski definition) is 4. The standard InChI is InChI=1S/C61H64BN6O/c1-41(2)39-62-67(57-36-44(29-31-63-57)59(3,4)5)56-38-49(27-28-52(56)53-30-32-64-68(53)62)69-48-22-17-21-47(37-48)65-40-66(55-26-16-15-25-54(55)65)58-50(42-19-13-12-14-20-42)23-18-24-51(58)43-33-45(60(6,7)8)35-46(34-43)61(9,10)11/h12-38,40-41H,39H2,1-11H3/q+1/i12D,13D,14D,19D,20D. The zero-order valence-electron chi connectivity index (χ0n) is 46.7. The average Bonchev–Trinajstić information content (AvgIpc) is 4.01. The lowest BCUT2D eigenvalue weighted by Gasteiger charge is -2.38. The van der Waals surface area contributed by atoms with E-state index in [4.69, 9.17) is 18.9 Å². The van der Waals surface area contributed by atoms with E-state index in [0.717, 1.165) is 56.9 Å². The van der Waals surface area contributed by atoms with Crippen molar-refractivity contribution >= 4 is 29.5 Å². The number of ether oxygens (including phenoxy) is 1. The second-order valence-corrected chi connectivity index (χ2v) is 21.9. The number of anilines is 2. The highest BCUT2D eigenvalue weighted by Crippen LogP contribution is 2.45. The summed E-state index contributed by atoms with van der Waals surface area (Å²) in [4.78, 5) is 7.30. The summed E-state index contributed by atoms with van der Waals surface area (Å²) in [5.41, 5.74) is 11.9. The molecule has 346 valence electrons. The molecule has 0 N–H and O–H groups in total. The predicted octanol–water partition coefficient (Wildman–Crippen LogP) is 15.3. The van der Waals surface area contributed by atoms with E-state index >= 15 is 0 Å². The summed E-state index contributed by atoms with van der Waals surface area (Å²) in [6, 6.07) is 39.7. The van der Waals surface area contributed by atoms with Crippen molar-refractivity contribution in [1.82, 2.24) is 19.2 Å². The van der Waals surface area contributed by atoms with Crippen LogP contribution in [0.3, 0.4) is 0 Å². The fourth-order valence-electron chi connectivity index (χ4n) is 9.55. The number of fused-ring (bicyclic) bond motifs is 4. The van der Waals surface area contributed by atoms with Crippen molar-refractivity contribution in [2.45, 2.75) is 98.7 Å². The van der Waals surface area contributed by atoms with Crippen LogP contribution in [0.2, 0.25) is 6.32 Å². The summed E-state index contributed by atoms with van der Waals surface area (Å²) in [5.74, 6) is 2.54. The summed E-state index contributed by atoms with van der Waals surface area (Å²) in [6.07, 6.45) is 6.67. The van der Waals surface area contributed by atoms with Crippen LogP contribution in [0.4, 0.5) is 11.5 Å². The van der Waals surface area contributed by atoms with Gasteiger partial charge in [0.15, 0.2) is 11.0 Å². The first-order chi connectivity index (χ1) is 35.0. The largest absolute Gasteiger partial charge is 0.457 e. The Morgan fingerprint density at radius 1 is 0.638 bits per heavy atom. The van der Waals surface area contributed by atoms with Gasteiger partial charge in [-0.2, -0.15) is 14.2 Å². The van der Waals surface area contributed by atoms with Gasteiger partial charge in [-0.3, -0.25) is 4.59 Å². The van der Waals surface area contributed by atoms with E-state index in [2.05, 4.69) is 167 Å². The normalized spacial score (nSPS) is 14.0. The van der Waals surface area contributed by atoms with Gasteiger partial charge in [-0.05, 0) is 111 Å². The number of rotatable bonds is 9. The minimum Gasteiger partial charge on any atom is -0.457 e. The van der Waals surface area contributed by atoms with Crippen molar-refractivity contribution in [1.29, 1.82) is 0 Å². The Morgan fingerprint density at radius 2 is 1.32 bits per heavy atom. The van der Waals surface area contributed by atoms with Crippen LogP contribution in [0.15, 0.2) is 170 Å². The van der Waals surface area contributed by atoms with Gasteiger partial charge in [0.2, 0.25) is 0 Å². The highest BCUT2D eigenvalue weighted by Gasteiger charge is 2.39. The lowest BCUT2D eigenvalue weighted by molar-refractivity contribution is -0.566. The third-order valence-electron chi connectivity index (χ3n) is 13.3. The summed E-state index contributed by atoms with van der Waals surface area (Å²) < 4.78 is 57.7. The first-order valence-corrected chi connectivity index (χ1v) is 24.1. The van der Waals surface area contributed by atoms with Gasteiger partial charge >= 0.3 is 6.98 Å². The average molecular weight is 913 g/mol. The molecule has 0 fully saturated rings. The van der Waals surface area contributed by atoms with Gasteiger partial charge in [0.25, 0.3) is 6.33 Å². The zero-order chi connectivity index (χ0) is 52.8. The number of hydrogen-bond donors (Lipinski definition) is 0. The Hall–Kier alpha value is -7.19. The van der Waals surface area contributed by atoms with Crippen molar-refractivity contribution < 1.29 is 16.2 Å². The fraction of sp³-hybridized carbons (Fsp3) is 0.262. The number of pyridine rings is 1. The lowest BCUT2D eigenvalue weighted by Crippen LogP contribution is -2.47. The van der Waals surface area contributed by atoms with Gasteiger partial charge < -0.3 is 9.55 Å². The summed E-state index contributed by atoms with van der Waals surface area (Å²) in [6.45, 7) is 24.3. The van der Waals surface area contributed by atoms with Crippen LogP contribution in [0, 0.1) is 5.92 Å². The summed E-state index contributed by atoms with van der Waals surface area (Å²) in [5, 5.41) is 4.86. The van der Waals surface area contributed by atoms with E-state index in [0.29, 0.717) is 28.7 Å². The molecule has 6 aromatic carbocycles. The molecule has 0 bridgehead atoms. The van der Waals surface area contributed by atoms with Crippen molar-refractivity contribution in [3.8, 4) is 56.4 Å². The SMILES string of the molecule is [2H]c1c([2H])c([2H])c(-c2cccc(-c3cc(C(C)(C)C)cc(C(C)(C)C)c3)c2-[n+]2cn(-c3cccc(Oc4ccc5c(c4)N(c4cc(C(C)(C)C)ccn4)B(CC(C)C)n4nccc4-5)c3)c3ccccc32)c([2H])c1[2H]. The van der Waals surface area contributed by atoms with Gasteiger partial charge in [-0.25, -0.2) is 4.98 Å². The molecule has 0 saturated carbocycles. The van der Waals surface area contributed by atoms with Gasteiger partial charge in [0.1, 0.15) is 28.7 Å². The third kappa shape index (κ3) is 8.78. The fourth-order valence-corrected chi connectivity index (χ4v) is 9.55. The first kappa shape index (κ1) is 39.8. The molecule has 1 aliphatic rings. The highest BCUT2D eigenvalue weighted by atomic mass is 16.5. The monoisotopic (exact) mass is 913 g/mol. The molecular weight excluding hydrogens is 844 g/mol. The topological polar surface area (TPSA) is 52.0 Å². The van der Waals surface area contributed by atoms with Crippen molar-refractivity contribution in [3.63, 3.8) is 0 Å². The van der Waals surface area contributed by atoms with Crippen LogP contribution in [-0.2, 0) is 16.2 Å². The summed E-state index contributed by atoms with van der Waals surface area (Å²) >= 11 is 0. The molecule has 0 unspecified atom stereocenters. The quantitative estimate of drug-likeness (QED) is 0.107. The smallest absolute Gasteiger partial charge is 0.404 e. The maximum Gasteiger partial charge on any atom is 0.404 e. The molecule has 8 heteroatoms. The van der Waals surface area contributed by atoms with E-state index in [1.165, 1.54) is 16.7 Å². The van der Waals surface area contributed by atoms with Crippen LogP contribution in [0.1, 0.15) is 99.7 Å². The number of nitrogens with zero attached hydrogens (tertiary/aromatic N) is 6. The Bertz CT molecular complexity index is 3590. The Balaban J connectivity index is 1.13. The molecule has 69 heavy (non-hydrogen) atoms. The minimum atomic E-state index is -0.432. The van der Waals surface area contributed by atoms with Crippen LogP contribution < -0.4 is 14.1 Å². The van der Waals surface area contributed by atoms with Crippen LogP contribution >= 0.6 is 0 Å². The van der Waals surface area contributed by atoms with Crippen LogP contribution in [0.5, 0.6) is 11.5 Å². The molecule has 1 aliphatic heterocycles. The Kier molecular flexibility index (Phi) is 10.0. The summed E-state index contributed by atoms with van der Waals surface area (Å²) in [7, 11) is 0. The molecular formula is C61H64BN6O+. The van der Waals surface area contributed by atoms with E-state index in [1.807, 2.05) is 67.3 Å². The molecule has 9 aromatic rings. The maximum atomic E-state index is 9.25. The Labute approximate surface area is 416 Å². The number of imidazole rings is 1. The predicted molar refractivity (Wildman–Crippen MR) is 287 cm³/mol. The van der Waals surface area contributed by atoms with Crippen LogP contribution in [-0.4, -0.2) is 26.2 Å². The van der Waals surface area contributed by atoms with Gasteiger partial charge in [-0.15, -0.1) is 0 Å². The maximum absolute atomic E-state index is 9.25. The molecule has 4 heterocycles. The minimum absolute atomic E-state index is 0.0782. The molecule has 0 aliphatic carbocycles. The van der Waals surface area contributed by atoms with Gasteiger partial charge in [0.05, 0.1) is 12.5 Å². The zero-order valence-corrected chi connectivity index (χ0v) is 41.7.